The van der Waals surface area contributed by atoms with Crippen LogP contribution in [0.4, 0.5) is 16.4 Å². The molecule has 0 saturated carbocycles. The molecule has 4 aliphatic rings. The van der Waals surface area contributed by atoms with Gasteiger partial charge in [0, 0.05) is 84.4 Å². The number of carbonyl (C=O) groups excluding carboxylic acids is 3. The number of fused-ring (bicyclic) bond motifs is 2. The number of carbonyl (C=O) groups is 3. The Labute approximate surface area is 355 Å². The lowest BCUT2D eigenvalue weighted by Crippen LogP contribution is -2.40. The Balaban J connectivity index is 0.000000232. The normalized spacial score (nSPS) is 19.6. The third kappa shape index (κ3) is 10.3. The second-order valence-electron chi connectivity index (χ2n) is 16.6. The highest BCUT2D eigenvalue weighted by Gasteiger charge is 2.32. The zero-order valence-electron chi connectivity index (χ0n) is 36.5. The molecule has 3 aromatic rings. The molecule has 2 saturated heterocycles. The molecule has 0 spiro atoms. The fourth-order valence-corrected chi connectivity index (χ4v) is 8.61. The monoisotopic (exact) mass is 822 g/mol. The van der Waals surface area contributed by atoms with Crippen LogP contribution in [0.1, 0.15) is 129 Å². The molecule has 322 valence electrons. The van der Waals surface area contributed by atoms with Gasteiger partial charge in [-0.2, -0.15) is 5.26 Å². The Hall–Kier alpha value is -4.97. The summed E-state index contributed by atoms with van der Waals surface area (Å²) in [6, 6.07) is 7.95. The summed E-state index contributed by atoms with van der Waals surface area (Å²) in [5.74, 6) is 1.63. The molecule has 1 aliphatic carbocycles. The first kappa shape index (κ1) is 44.6. The van der Waals surface area contributed by atoms with E-state index in [1.165, 1.54) is 30.3 Å². The summed E-state index contributed by atoms with van der Waals surface area (Å²) in [5.41, 5.74) is 8.74. The molecule has 60 heavy (non-hydrogen) atoms. The van der Waals surface area contributed by atoms with Crippen molar-refractivity contribution in [3.63, 3.8) is 0 Å². The summed E-state index contributed by atoms with van der Waals surface area (Å²) < 4.78 is 16.3. The molecule has 14 heteroatoms. The van der Waals surface area contributed by atoms with Crippen molar-refractivity contribution < 1.29 is 28.6 Å². The predicted molar refractivity (Wildman–Crippen MR) is 228 cm³/mol. The zero-order valence-corrected chi connectivity index (χ0v) is 36.5. The lowest BCUT2D eigenvalue weighted by atomic mass is 9.93. The molecule has 3 aromatic heterocycles. The number of amides is 4. The van der Waals surface area contributed by atoms with Crippen molar-refractivity contribution in [2.24, 2.45) is 11.8 Å². The molecule has 0 bridgehead atoms. The van der Waals surface area contributed by atoms with E-state index in [-0.39, 0.29) is 41.9 Å². The van der Waals surface area contributed by atoms with Gasteiger partial charge >= 0.3 is 6.03 Å². The maximum Gasteiger partial charge on any atom is 0.328 e. The molecule has 7 rings (SSSR count). The minimum Gasteiger partial charge on any atom is -0.385 e. The van der Waals surface area contributed by atoms with E-state index in [1.54, 1.807) is 32.3 Å². The van der Waals surface area contributed by atoms with E-state index in [0.717, 1.165) is 91.7 Å². The van der Waals surface area contributed by atoms with Gasteiger partial charge in [0.1, 0.15) is 17.7 Å². The third-order valence-corrected chi connectivity index (χ3v) is 12.4. The zero-order chi connectivity index (χ0) is 42.9. The fourth-order valence-electron chi connectivity index (χ4n) is 8.61. The van der Waals surface area contributed by atoms with Crippen molar-refractivity contribution in [2.75, 3.05) is 57.8 Å². The van der Waals surface area contributed by atoms with Crippen LogP contribution in [0.2, 0.25) is 0 Å². The number of nitrogens with zero attached hydrogens (tertiary/aromatic N) is 7. The topological polar surface area (TPSA) is 163 Å². The summed E-state index contributed by atoms with van der Waals surface area (Å²) in [5, 5.41) is 12.3. The number of methoxy groups -OCH3 is 3. The van der Waals surface area contributed by atoms with E-state index in [1.807, 2.05) is 37.5 Å². The van der Waals surface area contributed by atoms with Crippen LogP contribution in [0.15, 0.2) is 24.4 Å². The first-order valence-electron chi connectivity index (χ1n) is 21.6. The number of rotatable bonds is 13. The molecule has 0 radical (unpaired) electrons. The van der Waals surface area contributed by atoms with Crippen molar-refractivity contribution in [2.45, 2.75) is 117 Å². The number of hydrogen-bond acceptors (Lipinski definition) is 10. The minimum absolute atomic E-state index is 0.0302. The third-order valence-electron chi connectivity index (χ3n) is 12.4. The summed E-state index contributed by atoms with van der Waals surface area (Å²) in [4.78, 5) is 57.8. The van der Waals surface area contributed by atoms with Crippen LogP contribution in [-0.2, 0) is 62.6 Å². The molecule has 2 unspecified atom stereocenters. The Kier molecular flexibility index (Phi) is 15.3. The largest absolute Gasteiger partial charge is 0.385 e. The van der Waals surface area contributed by atoms with Gasteiger partial charge in [-0.25, -0.2) is 14.8 Å². The van der Waals surface area contributed by atoms with Crippen molar-refractivity contribution in [3.8, 4) is 6.07 Å². The Morgan fingerprint density at radius 2 is 1.43 bits per heavy atom. The molecule has 2 fully saturated rings. The summed E-state index contributed by atoms with van der Waals surface area (Å²) in [6.45, 7) is 11.8. The number of likely N-dealkylation sites (tertiary alicyclic amines) is 2. The number of ether oxygens (including phenoxy) is 3. The van der Waals surface area contributed by atoms with Crippen LogP contribution < -0.4 is 10.2 Å². The van der Waals surface area contributed by atoms with Gasteiger partial charge in [-0.15, -0.1) is 0 Å². The van der Waals surface area contributed by atoms with E-state index in [9.17, 15) is 19.6 Å². The van der Waals surface area contributed by atoms with Gasteiger partial charge in [-0.05, 0) is 118 Å². The quantitative estimate of drug-likeness (QED) is 0.177. The van der Waals surface area contributed by atoms with Gasteiger partial charge in [0.25, 0.3) is 0 Å². The van der Waals surface area contributed by atoms with Crippen molar-refractivity contribution >= 4 is 29.5 Å². The van der Waals surface area contributed by atoms with Gasteiger partial charge in [0.2, 0.25) is 11.8 Å². The number of aryl methyl sites for hydroxylation is 4. The summed E-state index contributed by atoms with van der Waals surface area (Å²) in [6.07, 6.45) is 10.6. The van der Waals surface area contributed by atoms with Crippen LogP contribution in [0.25, 0.3) is 0 Å². The highest BCUT2D eigenvalue weighted by Crippen LogP contribution is 2.33. The second-order valence-corrected chi connectivity index (χ2v) is 16.6. The second kappa shape index (κ2) is 20.5. The van der Waals surface area contributed by atoms with E-state index in [2.05, 4.69) is 28.5 Å². The van der Waals surface area contributed by atoms with Crippen molar-refractivity contribution in [1.29, 1.82) is 5.26 Å². The van der Waals surface area contributed by atoms with Gasteiger partial charge in [0.15, 0.2) is 0 Å². The van der Waals surface area contributed by atoms with Gasteiger partial charge in [0.05, 0.1) is 29.2 Å². The average Bonchev–Trinajstić information content (AvgIpc) is 3.75. The van der Waals surface area contributed by atoms with E-state index in [0.29, 0.717) is 49.9 Å². The molecule has 1 N–H and O–H groups in total. The number of pyridine rings is 3. The van der Waals surface area contributed by atoms with Crippen LogP contribution in [0.5, 0.6) is 0 Å². The maximum absolute atomic E-state index is 13.4. The Morgan fingerprint density at radius 3 is 2.02 bits per heavy atom. The van der Waals surface area contributed by atoms with Gasteiger partial charge in [-0.1, -0.05) is 19.9 Å². The van der Waals surface area contributed by atoms with Crippen LogP contribution >= 0.6 is 0 Å². The summed E-state index contributed by atoms with van der Waals surface area (Å²) in [7, 11) is 4.99. The molecule has 6 heterocycles. The fraction of sp³-hybridized carbons (Fsp3) is 0.587. The number of aromatic nitrogens is 3. The van der Waals surface area contributed by atoms with E-state index < -0.39 is 0 Å². The SMILES string of the molecule is COC(C)c1nc2c(cc1CN1CC[C@@H](C)C1=O)CCCC2.COCCCc1cc(NC(=O)N2CCCc3cc(CN4CC[C@@H](C)C4=O)c(C(C)OC)nc32)ncc1C#N. The van der Waals surface area contributed by atoms with Crippen LogP contribution in [0.3, 0.4) is 0 Å². The molecule has 0 aromatic carbocycles. The van der Waals surface area contributed by atoms with Crippen LogP contribution in [0, 0.1) is 23.2 Å². The Bertz CT molecular complexity index is 2070. The maximum atomic E-state index is 13.4. The molecular formula is C46H62N8O6. The average molecular weight is 823 g/mol. The van der Waals surface area contributed by atoms with Gasteiger partial charge in [-0.3, -0.25) is 24.8 Å². The van der Waals surface area contributed by atoms with Crippen LogP contribution in [-0.4, -0.2) is 90.2 Å². The molecule has 3 aliphatic heterocycles. The lowest BCUT2D eigenvalue weighted by Gasteiger charge is -2.31. The van der Waals surface area contributed by atoms with Crippen molar-refractivity contribution in [3.05, 3.63) is 74.9 Å². The number of nitrogens with one attached hydrogen (secondary N) is 1. The smallest absolute Gasteiger partial charge is 0.328 e. The highest BCUT2D eigenvalue weighted by atomic mass is 16.5. The van der Waals surface area contributed by atoms with E-state index in [4.69, 9.17) is 24.2 Å². The Morgan fingerprint density at radius 1 is 0.833 bits per heavy atom. The van der Waals surface area contributed by atoms with E-state index >= 15 is 0 Å². The molecule has 4 atom stereocenters. The first-order valence-corrected chi connectivity index (χ1v) is 21.6. The van der Waals surface area contributed by atoms with Gasteiger partial charge < -0.3 is 24.0 Å². The number of hydrogen-bond donors (Lipinski definition) is 1. The molecule has 4 amide bonds. The first-order chi connectivity index (χ1) is 29.0. The standard InChI is InChI=1S/C28H36N6O4.C18H26N2O2/c1-18-9-11-33(27(18)35)17-22-13-21-7-5-10-34(26(21)32-25(22)19(2)38-4)28(36)31-24-14-20(8-6-12-37-3)23(15-29)16-30-24;1-12-8-9-20(18(12)21)11-15-10-14-6-4-5-7-16(14)19-17(15)13(2)22-3/h13-14,16,18-19H,5-12,17H2,1-4H3,(H,30,31,36);10,12-13H,4-9,11H2,1-3H3/t18-,19?;12-,13?/m11/s1. The minimum atomic E-state index is -0.328. The number of anilines is 2. The highest BCUT2D eigenvalue weighted by molar-refractivity contribution is 6.01. The molecule has 14 nitrogen and oxygen atoms in total. The number of nitriles is 1. The summed E-state index contributed by atoms with van der Waals surface area (Å²) >= 11 is 0. The van der Waals surface area contributed by atoms with Crippen molar-refractivity contribution in [1.82, 2.24) is 24.8 Å². The molecular weight excluding hydrogens is 761 g/mol. The predicted octanol–water partition coefficient (Wildman–Crippen LogP) is 7.02. The lowest BCUT2D eigenvalue weighted by molar-refractivity contribution is -0.131. The number of urea groups is 1.